The highest BCUT2D eigenvalue weighted by Gasteiger charge is 2.09. The molecule has 2 rings (SSSR count). The van der Waals surface area contributed by atoms with E-state index in [2.05, 4.69) is 5.10 Å². The second kappa shape index (κ2) is 8.14. The maximum Gasteiger partial charge on any atom is 0.185 e. The van der Waals surface area contributed by atoms with E-state index >= 15 is 0 Å². The molecule has 0 atom stereocenters. The number of carbonyl (C=O) groups excluding carboxylic acids is 1. The fourth-order valence-electron chi connectivity index (χ4n) is 1.97. The molecule has 0 unspecified atom stereocenters. The monoisotopic (exact) mass is 316 g/mol. The van der Waals surface area contributed by atoms with Crippen molar-refractivity contribution in [2.24, 2.45) is 7.05 Å². The zero-order valence-corrected chi connectivity index (χ0v) is 13.5. The van der Waals surface area contributed by atoms with E-state index in [4.69, 9.17) is 14.2 Å². The Morgan fingerprint density at radius 1 is 1.26 bits per heavy atom. The molecule has 0 fully saturated rings. The smallest absolute Gasteiger partial charge is 0.185 e. The molecule has 1 aromatic carbocycles. The molecule has 1 heterocycles. The third-order valence-electron chi connectivity index (χ3n) is 3.15. The second-order valence-electron chi connectivity index (χ2n) is 4.85. The number of benzene rings is 1. The lowest BCUT2D eigenvalue weighted by Crippen LogP contribution is -2.06. The number of aromatic nitrogens is 2. The average molecular weight is 316 g/mol. The van der Waals surface area contributed by atoms with E-state index in [1.54, 1.807) is 42.3 Å². The van der Waals surface area contributed by atoms with Crippen molar-refractivity contribution in [3.63, 3.8) is 0 Å². The van der Waals surface area contributed by atoms with Crippen LogP contribution >= 0.6 is 0 Å². The molecular weight excluding hydrogens is 296 g/mol. The Morgan fingerprint density at radius 3 is 2.74 bits per heavy atom. The molecule has 23 heavy (non-hydrogen) atoms. The van der Waals surface area contributed by atoms with Gasteiger partial charge in [-0.3, -0.25) is 9.48 Å². The van der Waals surface area contributed by atoms with Gasteiger partial charge in [-0.05, 0) is 30.4 Å². The van der Waals surface area contributed by atoms with E-state index in [1.807, 2.05) is 13.2 Å². The van der Waals surface area contributed by atoms with Crippen LogP contribution in [0.1, 0.15) is 15.9 Å². The quantitative estimate of drug-likeness (QED) is 0.425. The molecule has 0 saturated carbocycles. The number of carbonyl (C=O) groups is 1. The SMILES string of the molecule is COCCOc1ccc(C(=O)/C=C/c2cnn(C)c2)cc1OC. The molecule has 122 valence electrons. The Hall–Kier alpha value is -2.60. The summed E-state index contributed by atoms with van der Waals surface area (Å²) in [4.78, 5) is 12.2. The van der Waals surface area contributed by atoms with Gasteiger partial charge >= 0.3 is 0 Å². The molecule has 6 heteroatoms. The maximum atomic E-state index is 12.2. The van der Waals surface area contributed by atoms with Crippen LogP contribution in [0.5, 0.6) is 11.5 Å². The fourth-order valence-corrected chi connectivity index (χ4v) is 1.97. The van der Waals surface area contributed by atoms with Crippen molar-refractivity contribution < 1.29 is 19.0 Å². The highest BCUT2D eigenvalue weighted by Crippen LogP contribution is 2.28. The van der Waals surface area contributed by atoms with Gasteiger partial charge in [-0.2, -0.15) is 5.10 Å². The van der Waals surface area contributed by atoms with E-state index in [0.717, 1.165) is 5.56 Å². The number of nitrogens with zero attached hydrogens (tertiary/aromatic N) is 2. The van der Waals surface area contributed by atoms with E-state index in [0.29, 0.717) is 30.3 Å². The van der Waals surface area contributed by atoms with E-state index < -0.39 is 0 Å². The van der Waals surface area contributed by atoms with Crippen LogP contribution in [0.25, 0.3) is 6.08 Å². The van der Waals surface area contributed by atoms with Crippen LogP contribution in [0.15, 0.2) is 36.7 Å². The number of methoxy groups -OCH3 is 2. The van der Waals surface area contributed by atoms with Gasteiger partial charge < -0.3 is 14.2 Å². The topological polar surface area (TPSA) is 62.6 Å². The number of aryl methyl sites for hydroxylation is 1. The van der Waals surface area contributed by atoms with Gasteiger partial charge in [0.25, 0.3) is 0 Å². The first-order valence-electron chi connectivity index (χ1n) is 7.15. The Kier molecular flexibility index (Phi) is 5.94. The lowest BCUT2D eigenvalue weighted by atomic mass is 10.1. The first kappa shape index (κ1) is 16.8. The van der Waals surface area contributed by atoms with Crippen LogP contribution in [0.3, 0.4) is 0 Å². The number of ether oxygens (including phenoxy) is 3. The summed E-state index contributed by atoms with van der Waals surface area (Å²) in [6.45, 7) is 0.902. The predicted molar refractivity (Wildman–Crippen MR) is 86.9 cm³/mol. The molecule has 0 aliphatic rings. The molecule has 2 aromatic rings. The molecule has 0 bridgehead atoms. The molecule has 0 N–H and O–H groups in total. The molecule has 0 aliphatic carbocycles. The van der Waals surface area contributed by atoms with Crippen molar-refractivity contribution in [3.8, 4) is 11.5 Å². The molecule has 1 aromatic heterocycles. The number of ketones is 1. The number of allylic oxidation sites excluding steroid dienone is 1. The Balaban J connectivity index is 2.09. The highest BCUT2D eigenvalue weighted by atomic mass is 16.5. The predicted octanol–water partition coefficient (Wildman–Crippen LogP) is 2.35. The second-order valence-corrected chi connectivity index (χ2v) is 4.85. The van der Waals surface area contributed by atoms with Gasteiger partial charge in [0.1, 0.15) is 6.61 Å². The zero-order valence-electron chi connectivity index (χ0n) is 13.5. The number of rotatable bonds is 8. The molecule has 0 radical (unpaired) electrons. The van der Waals surface area contributed by atoms with Gasteiger partial charge in [0.05, 0.1) is 19.9 Å². The third-order valence-corrected chi connectivity index (χ3v) is 3.15. The van der Waals surface area contributed by atoms with Gasteiger partial charge in [0.15, 0.2) is 17.3 Å². The van der Waals surface area contributed by atoms with Crippen LogP contribution in [-0.4, -0.2) is 43.0 Å². The minimum absolute atomic E-state index is 0.115. The van der Waals surface area contributed by atoms with E-state index in [9.17, 15) is 4.79 Å². The first-order valence-corrected chi connectivity index (χ1v) is 7.15. The van der Waals surface area contributed by atoms with Gasteiger partial charge in [-0.1, -0.05) is 0 Å². The molecular formula is C17H20N2O4. The van der Waals surface area contributed by atoms with Crippen LogP contribution in [0.4, 0.5) is 0 Å². The molecule has 6 nitrogen and oxygen atoms in total. The summed E-state index contributed by atoms with van der Waals surface area (Å²) in [5, 5.41) is 4.05. The normalized spacial score (nSPS) is 10.9. The fraction of sp³-hybridized carbons (Fsp3) is 0.294. The third kappa shape index (κ3) is 4.69. The van der Waals surface area contributed by atoms with Crippen molar-refractivity contribution in [2.45, 2.75) is 0 Å². The van der Waals surface area contributed by atoms with Crippen molar-refractivity contribution in [1.82, 2.24) is 9.78 Å². The number of hydrogen-bond acceptors (Lipinski definition) is 5. The van der Waals surface area contributed by atoms with Gasteiger partial charge in [0.2, 0.25) is 0 Å². The standard InChI is InChI=1S/C17H20N2O4/c1-19-12-13(11-18-19)4-6-15(20)14-5-7-16(17(10-14)22-3)23-9-8-21-2/h4-7,10-12H,8-9H2,1-3H3/b6-4+. The lowest BCUT2D eigenvalue weighted by Gasteiger charge is -2.11. The molecule has 0 amide bonds. The summed E-state index contributed by atoms with van der Waals surface area (Å²) in [7, 11) is 4.97. The lowest BCUT2D eigenvalue weighted by molar-refractivity contribution is 0.104. The van der Waals surface area contributed by atoms with Crippen molar-refractivity contribution in [2.75, 3.05) is 27.4 Å². The summed E-state index contributed by atoms with van der Waals surface area (Å²) >= 11 is 0. The van der Waals surface area contributed by atoms with E-state index in [1.165, 1.54) is 13.2 Å². The summed E-state index contributed by atoms with van der Waals surface area (Å²) in [6.07, 6.45) is 6.76. The zero-order chi connectivity index (χ0) is 16.7. The van der Waals surface area contributed by atoms with Crippen molar-refractivity contribution in [1.29, 1.82) is 0 Å². The van der Waals surface area contributed by atoms with Crippen LogP contribution in [0.2, 0.25) is 0 Å². The van der Waals surface area contributed by atoms with Crippen LogP contribution in [-0.2, 0) is 11.8 Å². The Morgan fingerprint density at radius 2 is 2.09 bits per heavy atom. The molecule has 0 aliphatic heterocycles. The Labute approximate surface area is 135 Å². The van der Waals surface area contributed by atoms with E-state index in [-0.39, 0.29) is 5.78 Å². The first-order chi connectivity index (χ1) is 11.1. The maximum absolute atomic E-state index is 12.2. The largest absolute Gasteiger partial charge is 0.493 e. The minimum Gasteiger partial charge on any atom is -0.493 e. The summed E-state index contributed by atoms with van der Waals surface area (Å²) in [5.74, 6) is 0.981. The van der Waals surface area contributed by atoms with Crippen molar-refractivity contribution >= 4 is 11.9 Å². The minimum atomic E-state index is -0.115. The average Bonchev–Trinajstić information content (AvgIpc) is 2.98. The molecule has 0 spiro atoms. The van der Waals surface area contributed by atoms with Gasteiger partial charge in [0, 0.05) is 31.5 Å². The Bertz CT molecular complexity index is 692. The van der Waals surface area contributed by atoms with Crippen LogP contribution < -0.4 is 9.47 Å². The number of hydrogen-bond donors (Lipinski definition) is 0. The van der Waals surface area contributed by atoms with Gasteiger partial charge in [-0.25, -0.2) is 0 Å². The summed E-state index contributed by atoms with van der Waals surface area (Å²) in [5.41, 5.74) is 1.40. The summed E-state index contributed by atoms with van der Waals surface area (Å²) in [6, 6.07) is 5.10. The van der Waals surface area contributed by atoms with Crippen molar-refractivity contribution in [3.05, 3.63) is 47.8 Å². The van der Waals surface area contributed by atoms with Gasteiger partial charge in [-0.15, -0.1) is 0 Å². The summed E-state index contributed by atoms with van der Waals surface area (Å²) < 4.78 is 17.4. The highest BCUT2D eigenvalue weighted by molar-refractivity contribution is 6.07. The van der Waals surface area contributed by atoms with Crippen LogP contribution in [0, 0.1) is 0 Å². The molecule has 0 saturated heterocycles.